The summed E-state index contributed by atoms with van der Waals surface area (Å²) in [6.45, 7) is 2.90. The molecule has 0 unspecified atom stereocenters. The number of hydrogen-bond acceptors (Lipinski definition) is 6. The Hall–Kier alpha value is -2.95. The van der Waals surface area contributed by atoms with Crippen molar-refractivity contribution >= 4 is 27.5 Å². The number of morpholine rings is 1. The summed E-state index contributed by atoms with van der Waals surface area (Å²) in [5.41, 5.74) is 0.796. The predicted octanol–water partition coefficient (Wildman–Crippen LogP) is 2.13. The predicted molar refractivity (Wildman–Crippen MR) is 129 cm³/mol. The van der Waals surface area contributed by atoms with Crippen LogP contribution in [-0.2, 0) is 19.6 Å². The molecule has 186 valence electrons. The number of anilines is 1. The van der Waals surface area contributed by atoms with E-state index in [0.717, 1.165) is 19.3 Å². The number of fused-ring (bicyclic) bond motifs is 1. The summed E-state index contributed by atoms with van der Waals surface area (Å²) in [6, 6.07) is 13.2. The second-order valence-corrected chi connectivity index (χ2v) is 10.9. The quantitative estimate of drug-likeness (QED) is 0.640. The number of ether oxygens (including phenoxy) is 2. The third-order valence-corrected chi connectivity index (χ3v) is 8.55. The van der Waals surface area contributed by atoms with Crippen LogP contribution in [0.4, 0.5) is 5.69 Å². The number of piperidine rings is 1. The molecule has 0 radical (unpaired) electrons. The largest absolute Gasteiger partial charge is 0.476 e. The standard InChI is InChI=1S/C25H29N3O6S/c29-24(19-7-6-8-20(17-19)35(31,32)27-11-4-1-5-12-27)28-18-23(25(30)26-13-15-33-16-14-26)34-22-10-3-2-9-21(22)28/h2-3,6-10,17,23H,1,4-5,11-16,18H2/t23-/m1/s1. The fraction of sp³-hybridized carbons (Fsp3) is 0.440. The van der Waals surface area contributed by atoms with Gasteiger partial charge in [0, 0.05) is 31.7 Å². The van der Waals surface area contributed by atoms with Gasteiger partial charge in [0.1, 0.15) is 5.75 Å². The van der Waals surface area contributed by atoms with E-state index < -0.39 is 16.1 Å². The van der Waals surface area contributed by atoms with Crippen LogP contribution in [0.2, 0.25) is 0 Å². The summed E-state index contributed by atoms with van der Waals surface area (Å²) in [5.74, 6) is -0.131. The van der Waals surface area contributed by atoms with Gasteiger partial charge in [-0.3, -0.25) is 9.59 Å². The number of carbonyl (C=O) groups excluding carboxylic acids is 2. The van der Waals surface area contributed by atoms with E-state index in [4.69, 9.17) is 9.47 Å². The van der Waals surface area contributed by atoms with Crippen LogP contribution in [0, 0.1) is 0 Å². The minimum Gasteiger partial charge on any atom is -0.476 e. The van der Waals surface area contributed by atoms with E-state index in [1.54, 1.807) is 41.3 Å². The number of carbonyl (C=O) groups is 2. The van der Waals surface area contributed by atoms with Gasteiger partial charge in [-0.25, -0.2) is 8.42 Å². The van der Waals surface area contributed by atoms with Crippen molar-refractivity contribution in [3.05, 3.63) is 54.1 Å². The molecule has 2 amide bonds. The van der Waals surface area contributed by atoms with Crippen molar-refractivity contribution in [1.29, 1.82) is 0 Å². The van der Waals surface area contributed by atoms with Crippen molar-refractivity contribution < 1.29 is 27.5 Å². The topological polar surface area (TPSA) is 96.5 Å². The minimum atomic E-state index is -3.68. The van der Waals surface area contributed by atoms with Crippen LogP contribution in [0.25, 0.3) is 0 Å². The molecule has 1 atom stereocenters. The minimum absolute atomic E-state index is 0.0368. The number of para-hydroxylation sites is 2. The molecule has 0 aromatic heterocycles. The Morgan fingerprint density at radius 3 is 2.40 bits per heavy atom. The molecular weight excluding hydrogens is 470 g/mol. The van der Waals surface area contributed by atoms with Crippen LogP contribution in [0.5, 0.6) is 5.75 Å². The number of amides is 2. The summed E-state index contributed by atoms with van der Waals surface area (Å²) in [6.07, 6.45) is 1.83. The Kier molecular flexibility index (Phi) is 6.77. The van der Waals surface area contributed by atoms with Crippen LogP contribution in [0.3, 0.4) is 0 Å². The lowest BCUT2D eigenvalue weighted by Gasteiger charge is -2.37. The second-order valence-electron chi connectivity index (χ2n) is 8.92. The van der Waals surface area contributed by atoms with E-state index >= 15 is 0 Å². The molecule has 9 nitrogen and oxygen atoms in total. The zero-order valence-corrected chi connectivity index (χ0v) is 20.3. The molecule has 3 heterocycles. The lowest BCUT2D eigenvalue weighted by Crippen LogP contribution is -2.54. The van der Waals surface area contributed by atoms with E-state index in [2.05, 4.69) is 0 Å². The first-order valence-electron chi connectivity index (χ1n) is 12.0. The SMILES string of the molecule is O=C([C@H]1CN(C(=O)c2cccc(S(=O)(=O)N3CCCCC3)c2)c2ccccc2O1)N1CCOCC1. The smallest absolute Gasteiger partial charge is 0.265 e. The molecule has 5 rings (SSSR count). The van der Waals surface area contributed by atoms with Gasteiger partial charge in [-0.15, -0.1) is 0 Å². The zero-order chi connectivity index (χ0) is 24.4. The van der Waals surface area contributed by atoms with Crippen molar-refractivity contribution in [2.24, 2.45) is 0 Å². The molecule has 0 saturated carbocycles. The second kappa shape index (κ2) is 9.96. The Morgan fingerprint density at radius 1 is 0.886 bits per heavy atom. The van der Waals surface area contributed by atoms with Gasteiger partial charge in [-0.2, -0.15) is 4.31 Å². The molecule has 3 aliphatic rings. The van der Waals surface area contributed by atoms with Crippen molar-refractivity contribution in [3.63, 3.8) is 0 Å². The Labute approximate surface area is 205 Å². The fourth-order valence-corrected chi connectivity index (χ4v) is 6.31. The summed E-state index contributed by atoms with van der Waals surface area (Å²) in [7, 11) is -3.68. The summed E-state index contributed by atoms with van der Waals surface area (Å²) >= 11 is 0. The fourth-order valence-electron chi connectivity index (χ4n) is 4.74. The molecule has 2 aromatic rings. The molecule has 0 spiro atoms. The van der Waals surface area contributed by atoms with E-state index in [-0.39, 0.29) is 28.8 Å². The molecular formula is C25H29N3O6S. The van der Waals surface area contributed by atoms with Gasteiger partial charge in [0.25, 0.3) is 11.8 Å². The lowest BCUT2D eigenvalue weighted by atomic mass is 10.1. The molecule has 0 bridgehead atoms. The number of hydrogen-bond donors (Lipinski definition) is 0. The van der Waals surface area contributed by atoms with Gasteiger partial charge in [-0.1, -0.05) is 24.6 Å². The average molecular weight is 500 g/mol. The van der Waals surface area contributed by atoms with Crippen LogP contribution in [0.15, 0.2) is 53.4 Å². The van der Waals surface area contributed by atoms with Crippen molar-refractivity contribution in [1.82, 2.24) is 9.21 Å². The molecule has 35 heavy (non-hydrogen) atoms. The van der Waals surface area contributed by atoms with E-state index in [0.29, 0.717) is 50.8 Å². The maximum atomic E-state index is 13.7. The Bertz CT molecular complexity index is 1210. The number of nitrogens with zero attached hydrogens (tertiary/aromatic N) is 3. The van der Waals surface area contributed by atoms with Crippen molar-refractivity contribution in [2.75, 3.05) is 50.8 Å². The molecule has 2 aromatic carbocycles. The molecule has 0 N–H and O–H groups in total. The summed E-state index contributed by atoms with van der Waals surface area (Å²) in [5, 5.41) is 0. The normalized spacial score (nSPS) is 21.2. The van der Waals surface area contributed by atoms with Crippen LogP contribution >= 0.6 is 0 Å². The van der Waals surface area contributed by atoms with Crippen LogP contribution in [0.1, 0.15) is 29.6 Å². The molecule has 2 saturated heterocycles. The van der Waals surface area contributed by atoms with Crippen LogP contribution in [-0.4, -0.2) is 81.5 Å². The highest BCUT2D eigenvalue weighted by Gasteiger charge is 2.37. The van der Waals surface area contributed by atoms with Crippen LogP contribution < -0.4 is 9.64 Å². The first-order valence-corrected chi connectivity index (χ1v) is 13.4. The molecule has 2 fully saturated rings. The van der Waals surface area contributed by atoms with Gasteiger partial charge in [-0.05, 0) is 43.2 Å². The lowest BCUT2D eigenvalue weighted by molar-refractivity contribution is -0.142. The summed E-state index contributed by atoms with van der Waals surface area (Å²) in [4.78, 5) is 30.1. The first-order chi connectivity index (χ1) is 16.9. The third-order valence-electron chi connectivity index (χ3n) is 6.65. The Morgan fingerprint density at radius 2 is 1.63 bits per heavy atom. The highest BCUT2D eigenvalue weighted by Crippen LogP contribution is 2.35. The van der Waals surface area contributed by atoms with E-state index in [1.807, 2.05) is 0 Å². The highest BCUT2D eigenvalue weighted by molar-refractivity contribution is 7.89. The van der Waals surface area contributed by atoms with Gasteiger partial charge < -0.3 is 19.3 Å². The van der Waals surface area contributed by atoms with Gasteiger partial charge in [0.05, 0.1) is 30.3 Å². The maximum Gasteiger partial charge on any atom is 0.265 e. The van der Waals surface area contributed by atoms with Gasteiger partial charge in [0.2, 0.25) is 10.0 Å². The maximum absolute atomic E-state index is 13.7. The van der Waals surface area contributed by atoms with Gasteiger partial charge >= 0.3 is 0 Å². The molecule has 0 aliphatic carbocycles. The number of sulfonamides is 1. The van der Waals surface area contributed by atoms with Crippen molar-refractivity contribution in [3.8, 4) is 5.75 Å². The van der Waals surface area contributed by atoms with E-state index in [1.165, 1.54) is 21.3 Å². The van der Waals surface area contributed by atoms with Gasteiger partial charge in [0.15, 0.2) is 6.10 Å². The van der Waals surface area contributed by atoms with Crippen molar-refractivity contribution in [2.45, 2.75) is 30.3 Å². The van der Waals surface area contributed by atoms with E-state index in [9.17, 15) is 18.0 Å². The Balaban J connectivity index is 1.43. The molecule has 3 aliphatic heterocycles. The highest BCUT2D eigenvalue weighted by atomic mass is 32.2. The number of rotatable bonds is 4. The first kappa shape index (κ1) is 23.8. The molecule has 10 heteroatoms. The monoisotopic (exact) mass is 499 g/mol. The third kappa shape index (κ3) is 4.78. The average Bonchev–Trinajstić information content (AvgIpc) is 2.92. The summed E-state index contributed by atoms with van der Waals surface area (Å²) < 4.78 is 39.2. The zero-order valence-electron chi connectivity index (χ0n) is 19.5. The number of benzene rings is 2.